The number of benzene rings is 1. The van der Waals surface area contributed by atoms with E-state index >= 15 is 0 Å². The van der Waals surface area contributed by atoms with E-state index in [-0.39, 0.29) is 12.2 Å². The number of hydrogen-bond acceptors (Lipinski definition) is 4. The molecule has 0 bridgehead atoms. The van der Waals surface area contributed by atoms with Gasteiger partial charge in [0.15, 0.2) is 0 Å². The number of nitrogens with zero attached hydrogens (tertiary/aromatic N) is 3. The Balaban J connectivity index is 1.68. The first-order chi connectivity index (χ1) is 12.9. The molecule has 10 heteroatoms. The van der Waals surface area contributed by atoms with E-state index in [2.05, 4.69) is 10.3 Å². The molecule has 2 heterocycles. The Morgan fingerprint density at radius 2 is 1.68 bits per heavy atom. The monoisotopic (exact) mass is 397 g/mol. The first kappa shape index (κ1) is 20.5. The van der Waals surface area contributed by atoms with Crippen molar-refractivity contribution in [3.05, 3.63) is 53.0 Å². The van der Waals surface area contributed by atoms with Crippen LogP contribution in [0.4, 0.5) is 17.6 Å². The Kier molecular flexibility index (Phi) is 5.14. The molecular weight excluding hydrogens is 377 g/mol. The van der Waals surface area contributed by atoms with Gasteiger partial charge in [-0.3, -0.25) is 0 Å². The van der Waals surface area contributed by atoms with Gasteiger partial charge in [-0.15, -0.1) is 5.10 Å². The highest BCUT2D eigenvalue weighted by atomic mass is 19.4. The second-order valence-electron chi connectivity index (χ2n) is 7.65. The summed E-state index contributed by atoms with van der Waals surface area (Å²) in [5, 5.41) is 7.73. The molecule has 0 N–H and O–H groups in total. The highest BCUT2D eigenvalue weighted by Crippen LogP contribution is 2.39. The molecule has 1 fully saturated rings. The molecule has 0 saturated carbocycles. The van der Waals surface area contributed by atoms with Crippen LogP contribution in [0.2, 0.25) is 0 Å². The summed E-state index contributed by atoms with van der Waals surface area (Å²) in [4.78, 5) is 0. The third-order valence-corrected chi connectivity index (χ3v) is 4.95. The molecule has 0 spiro atoms. The van der Waals surface area contributed by atoms with Gasteiger partial charge in [-0.05, 0) is 51.5 Å². The van der Waals surface area contributed by atoms with Gasteiger partial charge >= 0.3 is 13.3 Å². The zero-order chi connectivity index (χ0) is 20.7. The maximum absolute atomic E-state index is 14.5. The van der Waals surface area contributed by atoms with E-state index in [9.17, 15) is 17.6 Å². The fourth-order valence-corrected chi connectivity index (χ4v) is 2.61. The van der Waals surface area contributed by atoms with E-state index in [1.807, 2.05) is 27.7 Å². The molecule has 0 aliphatic carbocycles. The third kappa shape index (κ3) is 4.28. The lowest BCUT2D eigenvalue weighted by Crippen LogP contribution is -2.41. The second kappa shape index (κ2) is 7.00. The highest BCUT2D eigenvalue weighted by molar-refractivity contribution is 6.54. The van der Waals surface area contributed by atoms with Crippen LogP contribution in [0, 0.1) is 0 Å². The van der Waals surface area contributed by atoms with Crippen molar-refractivity contribution in [2.75, 3.05) is 0 Å². The number of hydrogen-bond donors (Lipinski definition) is 0. The van der Waals surface area contributed by atoms with Gasteiger partial charge < -0.3 is 9.31 Å². The lowest BCUT2D eigenvalue weighted by molar-refractivity contribution is -0.137. The van der Waals surface area contributed by atoms with Crippen LogP contribution in [0.1, 0.15) is 44.5 Å². The van der Waals surface area contributed by atoms with E-state index < -0.39 is 35.8 Å². The molecule has 1 aliphatic rings. The van der Waals surface area contributed by atoms with Gasteiger partial charge in [-0.25, -0.2) is 9.07 Å². The minimum atomic E-state index is -4.38. The molecule has 3 rings (SSSR count). The first-order valence-electron chi connectivity index (χ1n) is 8.66. The van der Waals surface area contributed by atoms with Gasteiger partial charge in [-0.1, -0.05) is 17.3 Å². The quantitative estimate of drug-likeness (QED) is 0.571. The largest absolute Gasteiger partial charge is 0.525 e. The average Bonchev–Trinajstić information content (AvgIpc) is 3.08. The van der Waals surface area contributed by atoms with Crippen LogP contribution >= 0.6 is 0 Å². The standard InChI is InChI=1S/C18H20BF4N3O2/c1-16(2)17(3,4)28-19(27-16)15(20)9-14-11-26(25-24-14)10-12-5-7-13(8-6-12)18(21,22)23/h5-9,11H,10H2,1-4H3. The van der Waals surface area contributed by atoms with Crippen LogP contribution in [-0.4, -0.2) is 33.3 Å². The van der Waals surface area contributed by atoms with Crippen molar-refractivity contribution in [1.82, 2.24) is 15.0 Å². The highest BCUT2D eigenvalue weighted by Gasteiger charge is 2.53. The number of rotatable bonds is 4. The average molecular weight is 397 g/mol. The Morgan fingerprint density at radius 1 is 1.11 bits per heavy atom. The van der Waals surface area contributed by atoms with Gasteiger partial charge in [0.25, 0.3) is 0 Å². The summed E-state index contributed by atoms with van der Waals surface area (Å²) in [5.74, 6) is 0. The Labute approximate surface area is 160 Å². The molecule has 0 radical (unpaired) electrons. The summed E-state index contributed by atoms with van der Waals surface area (Å²) in [6, 6.07) is 4.74. The second-order valence-corrected chi connectivity index (χ2v) is 7.65. The van der Waals surface area contributed by atoms with Crippen LogP contribution in [0.3, 0.4) is 0 Å². The van der Waals surface area contributed by atoms with Crippen molar-refractivity contribution in [3.8, 4) is 0 Å². The molecule has 0 atom stereocenters. The summed E-state index contributed by atoms with van der Waals surface area (Å²) in [7, 11) is -1.13. The minimum Gasteiger partial charge on any atom is -0.398 e. The lowest BCUT2D eigenvalue weighted by atomic mass is 9.87. The molecule has 1 aliphatic heterocycles. The van der Waals surface area contributed by atoms with Gasteiger partial charge in [0.05, 0.1) is 29.5 Å². The van der Waals surface area contributed by atoms with Gasteiger partial charge in [0.2, 0.25) is 0 Å². The van der Waals surface area contributed by atoms with Crippen LogP contribution in [0.15, 0.2) is 36.2 Å². The number of halogens is 4. The minimum absolute atomic E-state index is 0.205. The van der Waals surface area contributed by atoms with Gasteiger partial charge in [-0.2, -0.15) is 13.2 Å². The van der Waals surface area contributed by atoms with Crippen LogP contribution in [0.5, 0.6) is 0 Å². The van der Waals surface area contributed by atoms with Crippen molar-refractivity contribution in [3.63, 3.8) is 0 Å². The predicted octanol–water partition coefficient (Wildman–Crippen LogP) is 4.29. The zero-order valence-corrected chi connectivity index (χ0v) is 15.9. The van der Waals surface area contributed by atoms with E-state index in [4.69, 9.17) is 9.31 Å². The maximum atomic E-state index is 14.5. The van der Waals surface area contributed by atoms with Crippen LogP contribution in [0.25, 0.3) is 6.08 Å². The zero-order valence-electron chi connectivity index (χ0n) is 15.9. The molecule has 28 heavy (non-hydrogen) atoms. The smallest absolute Gasteiger partial charge is 0.398 e. The fourth-order valence-electron chi connectivity index (χ4n) is 2.61. The molecule has 0 unspecified atom stereocenters. The number of aromatic nitrogens is 3. The van der Waals surface area contributed by atoms with Crippen molar-refractivity contribution in [2.24, 2.45) is 0 Å². The van der Waals surface area contributed by atoms with E-state index in [1.165, 1.54) is 29.1 Å². The normalized spacial score (nSPS) is 19.3. The van der Waals surface area contributed by atoms with Crippen LogP contribution in [-0.2, 0) is 22.0 Å². The Hall–Kier alpha value is -2.20. The fraction of sp³-hybridized carbons (Fsp3) is 0.444. The first-order valence-corrected chi connectivity index (χ1v) is 8.66. The van der Waals surface area contributed by atoms with E-state index in [0.717, 1.165) is 12.1 Å². The van der Waals surface area contributed by atoms with Crippen LogP contribution < -0.4 is 0 Å². The van der Waals surface area contributed by atoms with Crippen molar-refractivity contribution in [1.29, 1.82) is 0 Å². The Bertz CT molecular complexity index is 860. The molecule has 0 amide bonds. The van der Waals surface area contributed by atoms with Gasteiger partial charge in [0.1, 0.15) is 11.4 Å². The molecule has 2 aromatic rings. The molecule has 1 aromatic carbocycles. The summed E-state index contributed by atoms with van der Waals surface area (Å²) in [6.45, 7) is 7.49. The summed E-state index contributed by atoms with van der Waals surface area (Å²) in [6.07, 6.45) is -1.73. The summed E-state index contributed by atoms with van der Waals surface area (Å²) < 4.78 is 65.0. The maximum Gasteiger partial charge on any atom is 0.525 e. The number of alkyl halides is 3. The van der Waals surface area contributed by atoms with Crippen molar-refractivity contribution in [2.45, 2.75) is 51.6 Å². The summed E-state index contributed by atoms with van der Waals surface area (Å²) in [5.41, 5.74) is -1.83. The lowest BCUT2D eigenvalue weighted by Gasteiger charge is -2.32. The Morgan fingerprint density at radius 3 is 2.21 bits per heavy atom. The molecule has 150 valence electrons. The SMILES string of the molecule is CC1(C)OB(C(F)=Cc2cn(Cc3ccc(C(F)(F)F)cc3)nn2)OC1(C)C. The van der Waals surface area contributed by atoms with Crippen molar-refractivity contribution < 1.29 is 26.9 Å². The molecular formula is C18H20BF4N3O2. The van der Waals surface area contributed by atoms with E-state index in [1.54, 1.807) is 0 Å². The van der Waals surface area contributed by atoms with Crippen molar-refractivity contribution >= 4 is 13.2 Å². The third-order valence-electron chi connectivity index (χ3n) is 4.95. The summed E-state index contributed by atoms with van der Waals surface area (Å²) >= 11 is 0. The predicted molar refractivity (Wildman–Crippen MR) is 95.7 cm³/mol. The molecule has 1 saturated heterocycles. The topological polar surface area (TPSA) is 49.2 Å². The van der Waals surface area contributed by atoms with Gasteiger partial charge in [0, 0.05) is 0 Å². The molecule has 1 aromatic heterocycles. The van der Waals surface area contributed by atoms with E-state index in [0.29, 0.717) is 5.56 Å². The molecule has 5 nitrogen and oxygen atoms in total.